The van der Waals surface area contributed by atoms with Gasteiger partial charge in [0.2, 0.25) is 0 Å². The van der Waals surface area contributed by atoms with Gasteiger partial charge < -0.3 is 19.7 Å². The minimum atomic E-state index is -0.349. The standard InChI is InChI=1S/C26H24N2O4/c1-31-23-13-12-18(17-24(23)32-2)16-21(27-25(29)20-9-4-3-5-10-20)26(30)28-15-14-19-8-6-7-11-22(19)28/h3-13,16-17H,14-15H2,1-2H3,(H,27,29)/b21-16+. The van der Waals surface area contributed by atoms with Crippen LogP contribution in [0, 0.1) is 0 Å². The Bertz CT molecular complexity index is 1170. The van der Waals surface area contributed by atoms with Crippen molar-refractivity contribution in [2.24, 2.45) is 0 Å². The fraction of sp³-hybridized carbons (Fsp3) is 0.154. The molecule has 3 aromatic carbocycles. The molecule has 0 saturated heterocycles. The number of nitrogens with zero attached hydrogens (tertiary/aromatic N) is 1. The molecule has 0 radical (unpaired) electrons. The summed E-state index contributed by atoms with van der Waals surface area (Å²) in [5.74, 6) is 0.500. The number of methoxy groups -OCH3 is 2. The third kappa shape index (κ3) is 4.34. The molecule has 0 aromatic heterocycles. The van der Waals surface area contributed by atoms with E-state index in [1.807, 2.05) is 30.3 Å². The van der Waals surface area contributed by atoms with Crippen LogP contribution in [0.3, 0.4) is 0 Å². The van der Waals surface area contributed by atoms with Crippen LogP contribution in [0.4, 0.5) is 5.69 Å². The molecule has 0 aliphatic carbocycles. The molecule has 4 rings (SSSR count). The largest absolute Gasteiger partial charge is 0.493 e. The molecule has 1 heterocycles. The number of rotatable bonds is 6. The number of nitrogens with one attached hydrogen (secondary N) is 1. The number of ether oxygens (including phenoxy) is 2. The molecule has 0 atom stereocenters. The minimum Gasteiger partial charge on any atom is -0.493 e. The van der Waals surface area contributed by atoms with E-state index in [4.69, 9.17) is 9.47 Å². The van der Waals surface area contributed by atoms with Crippen molar-refractivity contribution < 1.29 is 19.1 Å². The summed E-state index contributed by atoms with van der Waals surface area (Å²) in [6.07, 6.45) is 2.43. The predicted octanol–water partition coefficient (Wildman–Crippen LogP) is 4.06. The summed E-state index contributed by atoms with van der Waals surface area (Å²) < 4.78 is 10.7. The Hall–Kier alpha value is -4.06. The molecular formula is C26H24N2O4. The Morgan fingerprint density at radius 2 is 1.62 bits per heavy atom. The number of hydrogen-bond acceptors (Lipinski definition) is 4. The molecule has 1 aliphatic rings. The van der Waals surface area contributed by atoms with E-state index in [0.29, 0.717) is 29.2 Å². The van der Waals surface area contributed by atoms with Crippen molar-refractivity contribution in [3.63, 3.8) is 0 Å². The molecule has 0 spiro atoms. The van der Waals surface area contributed by atoms with Gasteiger partial charge in [0.25, 0.3) is 11.8 Å². The summed E-state index contributed by atoms with van der Waals surface area (Å²) in [7, 11) is 3.11. The molecule has 0 unspecified atom stereocenters. The summed E-state index contributed by atoms with van der Waals surface area (Å²) in [5, 5.41) is 2.81. The summed E-state index contributed by atoms with van der Waals surface area (Å²) >= 11 is 0. The monoisotopic (exact) mass is 428 g/mol. The fourth-order valence-electron chi connectivity index (χ4n) is 3.74. The van der Waals surface area contributed by atoms with Crippen LogP contribution in [0.5, 0.6) is 11.5 Å². The fourth-order valence-corrected chi connectivity index (χ4v) is 3.74. The van der Waals surface area contributed by atoms with Crippen molar-refractivity contribution in [3.8, 4) is 11.5 Å². The van der Waals surface area contributed by atoms with Crippen molar-refractivity contribution in [3.05, 3.63) is 95.2 Å². The lowest BCUT2D eigenvalue weighted by atomic mass is 10.1. The van der Waals surface area contributed by atoms with Crippen LogP contribution in [0.1, 0.15) is 21.5 Å². The van der Waals surface area contributed by atoms with Crippen LogP contribution in [0.2, 0.25) is 0 Å². The van der Waals surface area contributed by atoms with Crippen LogP contribution >= 0.6 is 0 Å². The maximum atomic E-state index is 13.5. The molecule has 6 heteroatoms. The van der Waals surface area contributed by atoms with Gasteiger partial charge in [-0.2, -0.15) is 0 Å². The highest BCUT2D eigenvalue weighted by atomic mass is 16.5. The van der Waals surface area contributed by atoms with Crippen LogP contribution in [0.15, 0.2) is 78.5 Å². The molecular weight excluding hydrogens is 404 g/mol. The van der Waals surface area contributed by atoms with Crippen molar-refractivity contribution in [1.82, 2.24) is 5.32 Å². The second kappa shape index (κ2) is 9.39. The average molecular weight is 428 g/mol. The van der Waals surface area contributed by atoms with E-state index in [2.05, 4.69) is 5.32 Å². The third-order valence-corrected chi connectivity index (χ3v) is 5.37. The Kier molecular flexibility index (Phi) is 6.22. The zero-order valence-corrected chi connectivity index (χ0v) is 18.0. The molecule has 2 amide bonds. The highest BCUT2D eigenvalue weighted by Gasteiger charge is 2.27. The first-order valence-electron chi connectivity index (χ1n) is 10.3. The first kappa shape index (κ1) is 21.2. The van der Waals surface area contributed by atoms with Crippen LogP contribution < -0.4 is 19.7 Å². The van der Waals surface area contributed by atoms with E-state index >= 15 is 0 Å². The van der Waals surface area contributed by atoms with E-state index in [1.165, 1.54) is 0 Å². The first-order valence-corrected chi connectivity index (χ1v) is 10.3. The third-order valence-electron chi connectivity index (χ3n) is 5.37. The number of carbonyl (C=O) groups excluding carboxylic acids is 2. The molecule has 0 bridgehead atoms. The van der Waals surface area contributed by atoms with E-state index in [0.717, 1.165) is 17.7 Å². The molecule has 1 aliphatic heterocycles. The Morgan fingerprint density at radius 3 is 2.38 bits per heavy atom. The van der Waals surface area contributed by atoms with Gasteiger partial charge in [-0.1, -0.05) is 42.5 Å². The number of benzene rings is 3. The highest BCUT2D eigenvalue weighted by Crippen LogP contribution is 2.30. The number of fused-ring (bicyclic) bond motifs is 1. The number of para-hydroxylation sites is 1. The van der Waals surface area contributed by atoms with Gasteiger partial charge >= 0.3 is 0 Å². The molecule has 0 saturated carbocycles. The van der Waals surface area contributed by atoms with Crippen LogP contribution in [-0.2, 0) is 11.2 Å². The zero-order valence-electron chi connectivity index (χ0n) is 18.0. The van der Waals surface area contributed by atoms with Crippen molar-refractivity contribution in [1.29, 1.82) is 0 Å². The SMILES string of the molecule is COc1ccc(/C=C(/NC(=O)c2ccccc2)C(=O)N2CCc3ccccc32)cc1OC. The normalized spacial score (nSPS) is 12.8. The van der Waals surface area contributed by atoms with E-state index in [1.54, 1.807) is 67.7 Å². The Morgan fingerprint density at radius 1 is 0.906 bits per heavy atom. The quantitative estimate of drug-likeness (QED) is 0.601. The average Bonchev–Trinajstić information content (AvgIpc) is 3.27. The second-order valence-electron chi connectivity index (χ2n) is 7.33. The molecule has 0 fully saturated rings. The topological polar surface area (TPSA) is 67.9 Å². The van der Waals surface area contributed by atoms with Gasteiger partial charge in [-0.25, -0.2) is 0 Å². The number of hydrogen-bond donors (Lipinski definition) is 1. The van der Waals surface area contributed by atoms with Crippen molar-refractivity contribution in [2.75, 3.05) is 25.7 Å². The van der Waals surface area contributed by atoms with Crippen molar-refractivity contribution in [2.45, 2.75) is 6.42 Å². The summed E-state index contributed by atoms with van der Waals surface area (Å²) in [6.45, 7) is 0.558. The predicted molar refractivity (Wildman–Crippen MR) is 124 cm³/mol. The van der Waals surface area contributed by atoms with Gasteiger partial charge in [-0.3, -0.25) is 9.59 Å². The highest BCUT2D eigenvalue weighted by molar-refractivity contribution is 6.12. The minimum absolute atomic E-state index is 0.183. The smallest absolute Gasteiger partial charge is 0.274 e. The van der Waals surface area contributed by atoms with Gasteiger partial charge in [0, 0.05) is 17.8 Å². The number of amides is 2. The lowest BCUT2D eigenvalue weighted by Gasteiger charge is -2.20. The number of anilines is 1. The van der Waals surface area contributed by atoms with Crippen LogP contribution in [0.25, 0.3) is 6.08 Å². The van der Waals surface area contributed by atoms with Gasteiger partial charge in [0.05, 0.1) is 14.2 Å². The molecule has 6 nitrogen and oxygen atoms in total. The molecule has 1 N–H and O–H groups in total. The number of carbonyl (C=O) groups is 2. The van der Waals surface area contributed by atoms with Crippen molar-refractivity contribution >= 4 is 23.6 Å². The Balaban J connectivity index is 1.71. The summed E-state index contributed by atoms with van der Waals surface area (Å²) in [4.78, 5) is 28.1. The lowest BCUT2D eigenvalue weighted by Crippen LogP contribution is -2.37. The van der Waals surface area contributed by atoms with Gasteiger partial charge in [-0.05, 0) is 54.0 Å². The van der Waals surface area contributed by atoms with Gasteiger partial charge in [0.15, 0.2) is 11.5 Å². The zero-order chi connectivity index (χ0) is 22.5. The maximum Gasteiger partial charge on any atom is 0.274 e. The molecule has 3 aromatic rings. The molecule has 162 valence electrons. The maximum absolute atomic E-state index is 13.5. The van der Waals surface area contributed by atoms with E-state index < -0.39 is 0 Å². The van der Waals surface area contributed by atoms with Gasteiger partial charge in [-0.15, -0.1) is 0 Å². The summed E-state index contributed by atoms with van der Waals surface area (Å²) in [6, 6.07) is 22.0. The van der Waals surface area contributed by atoms with Crippen LogP contribution in [-0.4, -0.2) is 32.6 Å². The lowest BCUT2D eigenvalue weighted by molar-refractivity contribution is -0.115. The summed E-state index contributed by atoms with van der Waals surface area (Å²) in [5.41, 5.74) is 3.33. The second-order valence-corrected chi connectivity index (χ2v) is 7.33. The Labute approximate surface area is 187 Å². The van der Waals surface area contributed by atoms with E-state index in [-0.39, 0.29) is 17.5 Å². The first-order chi connectivity index (χ1) is 15.6. The molecule has 32 heavy (non-hydrogen) atoms. The van der Waals surface area contributed by atoms with Gasteiger partial charge in [0.1, 0.15) is 5.70 Å². The van der Waals surface area contributed by atoms with E-state index in [9.17, 15) is 9.59 Å².